The predicted octanol–water partition coefficient (Wildman–Crippen LogP) is 3.25. The second-order valence-electron chi connectivity index (χ2n) is 5.26. The first-order valence-electron chi connectivity index (χ1n) is 6.95. The number of fused-ring (bicyclic) bond motifs is 1. The zero-order valence-corrected chi connectivity index (χ0v) is 11.9. The minimum atomic E-state index is 0.0833. The fraction of sp³-hybridized carbons (Fsp3) is 0.438. The van der Waals surface area contributed by atoms with Crippen LogP contribution < -0.4 is 5.32 Å². The first-order valence-corrected chi connectivity index (χ1v) is 6.95. The Hall–Kier alpha value is -1.77. The molecule has 19 heavy (non-hydrogen) atoms. The van der Waals surface area contributed by atoms with Gasteiger partial charge in [0.05, 0.1) is 0 Å². The molecule has 0 fully saturated rings. The van der Waals surface area contributed by atoms with Gasteiger partial charge in [-0.1, -0.05) is 25.5 Å². The number of hydrogen-bond acceptors (Lipinski definition) is 1. The lowest BCUT2D eigenvalue weighted by atomic mass is 10.2. The standard InChI is InChI=1S/C16H22N2O/c1-4-5-13(3)17-16(19)11-18-9-8-14-7-6-12(2)10-15(14)18/h6-10,13H,4-5,11H2,1-3H3,(H,17,19). The minimum absolute atomic E-state index is 0.0833. The Bertz CT molecular complexity index is 571. The summed E-state index contributed by atoms with van der Waals surface area (Å²) in [4.78, 5) is 12.0. The Morgan fingerprint density at radius 3 is 2.89 bits per heavy atom. The van der Waals surface area contributed by atoms with Crippen molar-refractivity contribution >= 4 is 16.8 Å². The largest absolute Gasteiger partial charge is 0.352 e. The molecule has 1 aromatic carbocycles. The Balaban J connectivity index is 2.08. The van der Waals surface area contributed by atoms with Crippen molar-refractivity contribution in [3.8, 4) is 0 Å². The van der Waals surface area contributed by atoms with Crippen molar-refractivity contribution in [2.75, 3.05) is 0 Å². The molecule has 0 aliphatic heterocycles. The number of hydrogen-bond donors (Lipinski definition) is 1. The number of amides is 1. The highest BCUT2D eigenvalue weighted by molar-refractivity contribution is 5.83. The Kier molecular flexibility index (Phi) is 4.25. The molecule has 3 nitrogen and oxygen atoms in total. The number of carbonyl (C=O) groups is 1. The third-order valence-electron chi connectivity index (χ3n) is 3.37. The molecule has 1 unspecified atom stereocenters. The van der Waals surface area contributed by atoms with Crippen molar-refractivity contribution in [2.24, 2.45) is 0 Å². The van der Waals surface area contributed by atoms with Crippen LogP contribution in [0.25, 0.3) is 10.9 Å². The Labute approximate surface area is 114 Å². The average Bonchev–Trinajstić information content (AvgIpc) is 2.72. The van der Waals surface area contributed by atoms with E-state index in [0.717, 1.165) is 18.4 Å². The monoisotopic (exact) mass is 258 g/mol. The van der Waals surface area contributed by atoms with Crippen LogP contribution in [-0.2, 0) is 11.3 Å². The van der Waals surface area contributed by atoms with Gasteiger partial charge in [0.1, 0.15) is 6.54 Å². The van der Waals surface area contributed by atoms with Crippen LogP contribution in [0.1, 0.15) is 32.3 Å². The average molecular weight is 258 g/mol. The van der Waals surface area contributed by atoms with Crippen molar-refractivity contribution in [3.63, 3.8) is 0 Å². The molecule has 1 amide bonds. The van der Waals surface area contributed by atoms with Crippen molar-refractivity contribution in [2.45, 2.75) is 46.2 Å². The second-order valence-corrected chi connectivity index (χ2v) is 5.26. The number of aryl methyl sites for hydroxylation is 1. The predicted molar refractivity (Wildman–Crippen MR) is 79.2 cm³/mol. The molecule has 0 bridgehead atoms. The SMILES string of the molecule is CCCC(C)NC(=O)Cn1ccc2ccc(C)cc21. The highest BCUT2D eigenvalue weighted by Gasteiger charge is 2.09. The molecule has 0 spiro atoms. The van der Waals surface area contributed by atoms with Crippen LogP contribution in [0.2, 0.25) is 0 Å². The van der Waals surface area contributed by atoms with Gasteiger partial charge in [-0.15, -0.1) is 0 Å². The highest BCUT2D eigenvalue weighted by atomic mass is 16.2. The molecule has 102 valence electrons. The van der Waals surface area contributed by atoms with Crippen LogP contribution in [0.15, 0.2) is 30.5 Å². The molecule has 0 saturated carbocycles. The molecule has 2 rings (SSSR count). The highest BCUT2D eigenvalue weighted by Crippen LogP contribution is 2.17. The molecule has 0 saturated heterocycles. The molecule has 1 N–H and O–H groups in total. The summed E-state index contributed by atoms with van der Waals surface area (Å²) in [7, 11) is 0. The lowest BCUT2D eigenvalue weighted by Crippen LogP contribution is -2.34. The van der Waals surface area contributed by atoms with Crippen molar-refractivity contribution < 1.29 is 4.79 Å². The summed E-state index contributed by atoms with van der Waals surface area (Å²) < 4.78 is 2.01. The van der Waals surface area contributed by atoms with E-state index < -0.39 is 0 Å². The summed E-state index contributed by atoms with van der Waals surface area (Å²) in [6, 6.07) is 8.62. The first kappa shape index (κ1) is 13.7. The maximum atomic E-state index is 12.0. The van der Waals surface area contributed by atoms with Gasteiger partial charge in [0.15, 0.2) is 0 Å². The van der Waals surface area contributed by atoms with E-state index in [1.807, 2.05) is 10.8 Å². The van der Waals surface area contributed by atoms with Crippen LogP contribution in [0.4, 0.5) is 0 Å². The van der Waals surface area contributed by atoms with Gasteiger partial charge < -0.3 is 9.88 Å². The third-order valence-corrected chi connectivity index (χ3v) is 3.37. The Morgan fingerprint density at radius 2 is 2.16 bits per heavy atom. The molecule has 1 atom stereocenters. The maximum absolute atomic E-state index is 12.0. The lowest BCUT2D eigenvalue weighted by Gasteiger charge is -2.13. The van der Waals surface area contributed by atoms with Crippen LogP contribution in [0.3, 0.4) is 0 Å². The number of aromatic nitrogens is 1. The number of rotatable bonds is 5. The molecule has 0 radical (unpaired) electrons. The fourth-order valence-electron chi connectivity index (χ4n) is 2.41. The topological polar surface area (TPSA) is 34.0 Å². The molecule has 0 aliphatic rings. The zero-order chi connectivity index (χ0) is 13.8. The summed E-state index contributed by atoms with van der Waals surface area (Å²) in [6.45, 7) is 6.64. The van der Waals surface area contributed by atoms with E-state index in [2.05, 4.69) is 50.4 Å². The van der Waals surface area contributed by atoms with E-state index >= 15 is 0 Å². The van der Waals surface area contributed by atoms with Crippen LogP contribution in [0, 0.1) is 6.92 Å². The molecule has 1 aromatic heterocycles. The number of nitrogens with zero attached hydrogens (tertiary/aromatic N) is 1. The van der Waals surface area contributed by atoms with E-state index in [-0.39, 0.29) is 11.9 Å². The van der Waals surface area contributed by atoms with Crippen molar-refractivity contribution in [3.05, 3.63) is 36.0 Å². The van der Waals surface area contributed by atoms with Gasteiger partial charge in [0.2, 0.25) is 5.91 Å². The van der Waals surface area contributed by atoms with Gasteiger partial charge in [-0.25, -0.2) is 0 Å². The number of carbonyl (C=O) groups excluding carboxylic acids is 1. The van der Waals surface area contributed by atoms with Gasteiger partial charge in [-0.05, 0) is 43.4 Å². The third kappa shape index (κ3) is 3.37. The summed E-state index contributed by atoms with van der Waals surface area (Å²) in [5.74, 6) is 0.0833. The molecule has 0 aliphatic carbocycles. The van der Waals surface area contributed by atoms with Gasteiger partial charge in [0.25, 0.3) is 0 Å². The van der Waals surface area contributed by atoms with Gasteiger partial charge >= 0.3 is 0 Å². The van der Waals surface area contributed by atoms with E-state index in [0.29, 0.717) is 6.54 Å². The lowest BCUT2D eigenvalue weighted by molar-refractivity contribution is -0.122. The van der Waals surface area contributed by atoms with Crippen LogP contribution in [-0.4, -0.2) is 16.5 Å². The van der Waals surface area contributed by atoms with E-state index in [9.17, 15) is 4.79 Å². The van der Waals surface area contributed by atoms with Gasteiger partial charge in [0, 0.05) is 17.8 Å². The van der Waals surface area contributed by atoms with Gasteiger partial charge in [-0.2, -0.15) is 0 Å². The van der Waals surface area contributed by atoms with Crippen molar-refractivity contribution in [1.29, 1.82) is 0 Å². The summed E-state index contributed by atoms with van der Waals surface area (Å²) in [6.07, 6.45) is 4.10. The normalized spacial score (nSPS) is 12.6. The van der Waals surface area contributed by atoms with E-state index in [4.69, 9.17) is 0 Å². The Morgan fingerprint density at radius 1 is 1.37 bits per heavy atom. The van der Waals surface area contributed by atoms with Crippen molar-refractivity contribution in [1.82, 2.24) is 9.88 Å². The summed E-state index contributed by atoms with van der Waals surface area (Å²) in [5, 5.41) is 4.22. The first-order chi connectivity index (χ1) is 9.10. The zero-order valence-electron chi connectivity index (χ0n) is 11.9. The molecular formula is C16H22N2O. The van der Waals surface area contributed by atoms with E-state index in [1.54, 1.807) is 0 Å². The quantitative estimate of drug-likeness (QED) is 0.877. The molecule has 3 heteroatoms. The van der Waals surface area contributed by atoms with Gasteiger partial charge in [-0.3, -0.25) is 4.79 Å². The van der Waals surface area contributed by atoms with Crippen LogP contribution >= 0.6 is 0 Å². The van der Waals surface area contributed by atoms with E-state index in [1.165, 1.54) is 10.9 Å². The number of nitrogens with one attached hydrogen (secondary N) is 1. The number of benzene rings is 1. The second kappa shape index (κ2) is 5.91. The summed E-state index contributed by atoms with van der Waals surface area (Å²) >= 11 is 0. The fourth-order valence-corrected chi connectivity index (χ4v) is 2.41. The smallest absolute Gasteiger partial charge is 0.240 e. The minimum Gasteiger partial charge on any atom is -0.352 e. The molecule has 1 heterocycles. The maximum Gasteiger partial charge on any atom is 0.240 e. The summed E-state index contributed by atoms with van der Waals surface area (Å²) in [5.41, 5.74) is 2.34. The van der Waals surface area contributed by atoms with Crippen LogP contribution in [0.5, 0.6) is 0 Å². The molecule has 2 aromatic rings. The molecular weight excluding hydrogens is 236 g/mol.